The molecule has 1 aliphatic heterocycles. The van der Waals surface area contributed by atoms with Crippen LogP contribution < -0.4 is 21.3 Å². The van der Waals surface area contributed by atoms with Crippen molar-refractivity contribution in [1.29, 1.82) is 0 Å². The van der Waals surface area contributed by atoms with Gasteiger partial charge in [0.15, 0.2) is 5.82 Å². The summed E-state index contributed by atoms with van der Waals surface area (Å²) in [4.78, 5) is 22.2. The second-order valence-electron chi connectivity index (χ2n) is 6.79. The first-order valence-corrected chi connectivity index (χ1v) is 9.08. The molecule has 0 saturated carbocycles. The molecule has 0 bridgehead atoms. The molecule has 0 aliphatic carbocycles. The van der Waals surface area contributed by atoms with Gasteiger partial charge in [-0.15, -0.1) is 0 Å². The van der Waals surface area contributed by atoms with E-state index in [0.29, 0.717) is 18.3 Å². The van der Waals surface area contributed by atoms with Crippen molar-refractivity contribution in [1.82, 2.24) is 25.5 Å². The van der Waals surface area contributed by atoms with Gasteiger partial charge in [-0.1, -0.05) is 6.07 Å². The van der Waals surface area contributed by atoms with E-state index >= 15 is 0 Å². The highest BCUT2D eigenvalue weighted by Crippen LogP contribution is 2.28. The van der Waals surface area contributed by atoms with Gasteiger partial charge in [0, 0.05) is 43.2 Å². The standard InChI is InChI=1S/C18H22N8O2/c1-20-17-22-13(10-4-5-12-14(7-10)24-25-16(12)19)8-15(23-17)26-6-2-3-11(9-26)21-18(27)28/h4-5,7-8,11,21H,2-3,6,9H2,1H3,(H,27,28)(H3,19,24,25)(H,20,22,23)/t11-/m1/s1. The third kappa shape index (κ3) is 3.48. The Hall–Kier alpha value is -3.56. The summed E-state index contributed by atoms with van der Waals surface area (Å²) in [7, 11) is 1.77. The molecule has 1 aliphatic rings. The maximum Gasteiger partial charge on any atom is 0.404 e. The second-order valence-corrected chi connectivity index (χ2v) is 6.79. The maximum absolute atomic E-state index is 11.0. The fourth-order valence-electron chi connectivity index (χ4n) is 3.53. The van der Waals surface area contributed by atoms with Crippen molar-refractivity contribution in [2.45, 2.75) is 18.9 Å². The van der Waals surface area contributed by atoms with Crippen LogP contribution in [0.2, 0.25) is 0 Å². The maximum atomic E-state index is 11.0. The van der Waals surface area contributed by atoms with Crippen LogP contribution in [0.4, 0.5) is 22.4 Å². The van der Waals surface area contributed by atoms with Crippen molar-refractivity contribution in [3.63, 3.8) is 0 Å². The first kappa shape index (κ1) is 17.8. The molecular formula is C18H22N8O2. The van der Waals surface area contributed by atoms with Crippen LogP contribution in [-0.4, -0.2) is 57.5 Å². The third-order valence-electron chi connectivity index (χ3n) is 4.90. The number of hydrogen-bond donors (Lipinski definition) is 5. The molecule has 6 N–H and O–H groups in total. The fraction of sp³-hybridized carbons (Fsp3) is 0.333. The molecule has 1 atom stereocenters. The van der Waals surface area contributed by atoms with E-state index in [9.17, 15) is 4.79 Å². The third-order valence-corrected chi connectivity index (χ3v) is 4.90. The molecule has 4 rings (SSSR count). The van der Waals surface area contributed by atoms with E-state index in [-0.39, 0.29) is 6.04 Å². The number of benzene rings is 1. The molecule has 10 nitrogen and oxygen atoms in total. The summed E-state index contributed by atoms with van der Waals surface area (Å²) < 4.78 is 0. The minimum atomic E-state index is -1.00. The zero-order valence-corrected chi connectivity index (χ0v) is 15.4. The van der Waals surface area contributed by atoms with Crippen LogP contribution in [0.1, 0.15) is 12.8 Å². The van der Waals surface area contributed by atoms with Gasteiger partial charge in [0.2, 0.25) is 5.95 Å². The van der Waals surface area contributed by atoms with E-state index in [1.54, 1.807) is 7.05 Å². The fourth-order valence-corrected chi connectivity index (χ4v) is 3.53. The number of aromatic amines is 1. The number of piperidine rings is 1. The predicted octanol–water partition coefficient (Wildman–Crippen LogP) is 1.88. The largest absolute Gasteiger partial charge is 0.465 e. The quantitative estimate of drug-likeness (QED) is 0.460. The van der Waals surface area contributed by atoms with Crippen molar-refractivity contribution < 1.29 is 9.90 Å². The number of aromatic nitrogens is 4. The van der Waals surface area contributed by atoms with Gasteiger partial charge >= 0.3 is 6.09 Å². The summed E-state index contributed by atoms with van der Waals surface area (Å²) in [5.74, 6) is 1.73. The number of fused-ring (bicyclic) bond motifs is 1. The lowest BCUT2D eigenvalue weighted by molar-refractivity contribution is 0.188. The first-order chi connectivity index (χ1) is 13.5. The van der Waals surface area contributed by atoms with Crippen LogP contribution >= 0.6 is 0 Å². The number of nitrogens with one attached hydrogen (secondary N) is 3. The summed E-state index contributed by atoms with van der Waals surface area (Å²) in [6.07, 6.45) is 0.703. The highest BCUT2D eigenvalue weighted by atomic mass is 16.4. The number of nitrogens with two attached hydrogens (primary N) is 1. The molecule has 10 heteroatoms. The highest BCUT2D eigenvalue weighted by Gasteiger charge is 2.23. The summed E-state index contributed by atoms with van der Waals surface area (Å²) in [6.45, 7) is 1.38. The molecule has 3 heterocycles. The molecule has 1 aromatic carbocycles. The number of anilines is 3. The van der Waals surface area contributed by atoms with E-state index < -0.39 is 6.09 Å². The molecule has 0 unspecified atom stereocenters. The minimum absolute atomic E-state index is 0.119. The summed E-state index contributed by atoms with van der Waals surface area (Å²) >= 11 is 0. The van der Waals surface area contributed by atoms with E-state index in [1.165, 1.54) is 0 Å². The Kier molecular flexibility index (Phi) is 4.60. The smallest absolute Gasteiger partial charge is 0.404 e. The van der Waals surface area contributed by atoms with Crippen molar-refractivity contribution in [3.8, 4) is 11.3 Å². The molecule has 1 saturated heterocycles. The van der Waals surface area contributed by atoms with E-state index in [2.05, 4.69) is 35.7 Å². The van der Waals surface area contributed by atoms with Crippen LogP contribution in [0.3, 0.4) is 0 Å². The van der Waals surface area contributed by atoms with Crippen LogP contribution in [0.15, 0.2) is 24.3 Å². The zero-order chi connectivity index (χ0) is 19.7. The minimum Gasteiger partial charge on any atom is -0.465 e. The Balaban J connectivity index is 1.68. The lowest BCUT2D eigenvalue weighted by Crippen LogP contribution is -2.47. The number of rotatable bonds is 4. The highest BCUT2D eigenvalue weighted by molar-refractivity contribution is 5.91. The van der Waals surface area contributed by atoms with Gasteiger partial charge < -0.3 is 26.4 Å². The van der Waals surface area contributed by atoms with Gasteiger partial charge in [-0.3, -0.25) is 5.10 Å². The number of nitrogens with zero attached hydrogens (tertiary/aromatic N) is 4. The monoisotopic (exact) mass is 382 g/mol. The van der Waals surface area contributed by atoms with Crippen LogP contribution in [-0.2, 0) is 0 Å². The summed E-state index contributed by atoms with van der Waals surface area (Å²) in [6, 6.07) is 7.62. The Bertz CT molecular complexity index is 1020. The Labute approximate surface area is 161 Å². The Morgan fingerprint density at radius 2 is 2.21 bits per heavy atom. The van der Waals surface area contributed by atoms with Crippen LogP contribution in [0, 0.1) is 0 Å². The number of amides is 1. The average Bonchev–Trinajstić information content (AvgIpc) is 3.07. The van der Waals surface area contributed by atoms with Gasteiger partial charge in [0.25, 0.3) is 0 Å². The number of hydrogen-bond acceptors (Lipinski definition) is 7. The number of carboxylic acid groups (broad SMARTS) is 1. The predicted molar refractivity (Wildman–Crippen MR) is 107 cm³/mol. The molecule has 2 aromatic heterocycles. The molecule has 0 radical (unpaired) electrons. The zero-order valence-electron chi connectivity index (χ0n) is 15.4. The van der Waals surface area contributed by atoms with Gasteiger partial charge in [-0.2, -0.15) is 10.1 Å². The van der Waals surface area contributed by atoms with Gasteiger partial charge in [-0.05, 0) is 25.0 Å². The summed E-state index contributed by atoms with van der Waals surface area (Å²) in [5, 5.41) is 22.4. The summed E-state index contributed by atoms with van der Waals surface area (Å²) in [5.41, 5.74) is 8.36. The van der Waals surface area contributed by atoms with E-state index in [1.807, 2.05) is 24.3 Å². The van der Waals surface area contributed by atoms with Gasteiger partial charge in [0.1, 0.15) is 5.82 Å². The number of carbonyl (C=O) groups is 1. The average molecular weight is 382 g/mol. The van der Waals surface area contributed by atoms with E-state index in [4.69, 9.17) is 10.8 Å². The molecule has 1 amide bonds. The van der Waals surface area contributed by atoms with Crippen molar-refractivity contribution in [3.05, 3.63) is 24.3 Å². The molecular weight excluding hydrogens is 360 g/mol. The molecule has 146 valence electrons. The Morgan fingerprint density at radius 1 is 1.36 bits per heavy atom. The second kappa shape index (κ2) is 7.22. The van der Waals surface area contributed by atoms with E-state index in [0.717, 1.165) is 47.4 Å². The molecule has 1 fully saturated rings. The Morgan fingerprint density at radius 3 is 3.00 bits per heavy atom. The first-order valence-electron chi connectivity index (χ1n) is 9.08. The SMILES string of the molecule is CNc1nc(-c2ccc3c(N)n[nH]c3c2)cc(N2CCC[C@@H](NC(=O)O)C2)n1. The van der Waals surface area contributed by atoms with Gasteiger partial charge in [0.05, 0.1) is 11.2 Å². The van der Waals surface area contributed by atoms with Crippen molar-refractivity contribution >= 4 is 34.6 Å². The lowest BCUT2D eigenvalue weighted by atomic mass is 10.1. The number of nitrogen functional groups attached to an aromatic ring is 1. The topological polar surface area (TPSA) is 145 Å². The lowest BCUT2D eigenvalue weighted by Gasteiger charge is -2.33. The molecule has 0 spiro atoms. The molecule has 28 heavy (non-hydrogen) atoms. The van der Waals surface area contributed by atoms with Gasteiger partial charge in [-0.25, -0.2) is 9.78 Å². The van der Waals surface area contributed by atoms with Crippen molar-refractivity contribution in [2.24, 2.45) is 0 Å². The van der Waals surface area contributed by atoms with Crippen LogP contribution in [0.25, 0.3) is 22.2 Å². The normalized spacial score (nSPS) is 16.9. The number of H-pyrrole nitrogens is 1. The van der Waals surface area contributed by atoms with Crippen molar-refractivity contribution in [2.75, 3.05) is 36.1 Å². The molecule has 3 aromatic rings. The van der Waals surface area contributed by atoms with Crippen LogP contribution in [0.5, 0.6) is 0 Å².